The summed E-state index contributed by atoms with van der Waals surface area (Å²) in [6.45, 7) is 9.97. The van der Waals surface area contributed by atoms with E-state index in [-0.39, 0.29) is 6.04 Å². The molecule has 1 fully saturated rings. The molecule has 2 aliphatic rings. The first-order valence-electron chi connectivity index (χ1n) is 11.8. The smallest absolute Gasteiger partial charge is 0.100 e. The summed E-state index contributed by atoms with van der Waals surface area (Å²) in [6, 6.07) is 23.4. The summed E-state index contributed by atoms with van der Waals surface area (Å²) in [4.78, 5) is 7.02. The highest BCUT2D eigenvalue weighted by Gasteiger charge is 2.39. The molecule has 3 aromatic rings. The van der Waals surface area contributed by atoms with Gasteiger partial charge in [-0.2, -0.15) is 5.26 Å². The van der Waals surface area contributed by atoms with E-state index < -0.39 is 0 Å². The molecule has 2 heterocycles. The van der Waals surface area contributed by atoms with E-state index in [2.05, 4.69) is 84.9 Å². The van der Waals surface area contributed by atoms with Crippen LogP contribution in [0.4, 0.5) is 11.4 Å². The largest absolute Gasteiger partial charge is 0.344 e. The Morgan fingerprint density at radius 3 is 2.14 bits per heavy atom. The van der Waals surface area contributed by atoms with Crippen molar-refractivity contribution in [2.45, 2.75) is 33.7 Å². The first-order valence-corrected chi connectivity index (χ1v) is 13.2. The predicted molar refractivity (Wildman–Crippen MR) is 148 cm³/mol. The maximum atomic E-state index is 10.4. The minimum Gasteiger partial charge on any atom is -0.344 e. The maximum absolute atomic E-state index is 10.4. The van der Waals surface area contributed by atoms with Gasteiger partial charge in [-0.1, -0.05) is 53.7 Å². The Balaban J connectivity index is 1.59. The lowest BCUT2D eigenvalue weighted by Crippen LogP contribution is -2.51. The van der Waals surface area contributed by atoms with E-state index in [9.17, 15) is 5.26 Å². The average molecular weight is 501 g/mol. The zero-order valence-electron chi connectivity index (χ0n) is 20.5. The van der Waals surface area contributed by atoms with E-state index in [0.717, 1.165) is 34.4 Å². The van der Waals surface area contributed by atoms with Crippen molar-refractivity contribution in [1.82, 2.24) is 4.90 Å². The van der Waals surface area contributed by atoms with E-state index in [0.29, 0.717) is 11.7 Å². The molecule has 1 atom stereocenters. The van der Waals surface area contributed by atoms with E-state index in [1.165, 1.54) is 27.9 Å². The minimum atomic E-state index is -0.234. The lowest BCUT2D eigenvalue weighted by molar-refractivity contribution is 0.326. The zero-order valence-corrected chi connectivity index (χ0v) is 22.1. The summed E-state index contributed by atoms with van der Waals surface area (Å²) in [7, 11) is 0. The molecule has 178 valence electrons. The Morgan fingerprint density at radius 2 is 1.49 bits per heavy atom. The van der Waals surface area contributed by atoms with Gasteiger partial charge in [0.15, 0.2) is 0 Å². The quantitative estimate of drug-likeness (QED) is 0.377. The number of rotatable bonds is 3. The number of benzene rings is 3. The number of thioether (sulfide) groups is 1. The molecule has 0 amide bonds. The van der Waals surface area contributed by atoms with Gasteiger partial charge in [-0.15, -0.1) is 0 Å². The molecule has 0 N–H and O–H groups in total. The van der Waals surface area contributed by atoms with Crippen molar-refractivity contribution < 1.29 is 0 Å². The second kappa shape index (κ2) is 9.53. The summed E-state index contributed by atoms with van der Waals surface area (Å²) in [5, 5.41) is 12.2. The van der Waals surface area contributed by atoms with Gasteiger partial charge in [-0.25, -0.2) is 0 Å². The highest BCUT2D eigenvalue weighted by molar-refractivity contribution is 8.03. The number of hydrogen-bond donors (Lipinski definition) is 0. The van der Waals surface area contributed by atoms with Crippen LogP contribution in [-0.2, 0) is 0 Å². The van der Waals surface area contributed by atoms with Crippen LogP contribution in [0.3, 0.4) is 0 Å². The van der Waals surface area contributed by atoms with Gasteiger partial charge in [0.1, 0.15) is 6.07 Å². The fourth-order valence-corrected chi connectivity index (χ4v) is 6.14. The standard InChI is InChI=1S/C29H29ClN4S/c1-19-9-11-23(13-21(19)3)33-16-32-17-34(24-12-10-20(2)22(4)14-24)28(25-7-5-6-8-27(25)30)26(15-31)29(32)35-18-33/h5-14,28H,16-18H2,1-4H3. The molecular formula is C29H29ClN4S. The third-order valence-corrected chi connectivity index (χ3v) is 8.66. The number of anilines is 2. The van der Waals surface area contributed by atoms with Crippen LogP contribution in [-0.4, -0.2) is 24.1 Å². The molecule has 5 rings (SSSR count). The molecule has 2 aliphatic heterocycles. The lowest BCUT2D eigenvalue weighted by Gasteiger charge is -2.49. The summed E-state index contributed by atoms with van der Waals surface area (Å²) in [5.41, 5.74) is 9.11. The van der Waals surface area contributed by atoms with Crippen molar-refractivity contribution in [1.29, 1.82) is 5.26 Å². The van der Waals surface area contributed by atoms with Gasteiger partial charge >= 0.3 is 0 Å². The van der Waals surface area contributed by atoms with Crippen LogP contribution >= 0.6 is 23.4 Å². The number of halogens is 1. The normalized spacial score (nSPS) is 17.9. The van der Waals surface area contributed by atoms with Gasteiger partial charge in [-0.05, 0) is 85.8 Å². The third kappa shape index (κ3) is 4.37. The maximum Gasteiger partial charge on any atom is 0.100 e. The van der Waals surface area contributed by atoms with Crippen molar-refractivity contribution >= 4 is 34.7 Å². The number of hydrogen-bond acceptors (Lipinski definition) is 5. The Kier molecular flexibility index (Phi) is 6.44. The fourth-order valence-electron chi connectivity index (χ4n) is 4.78. The number of nitriles is 1. The van der Waals surface area contributed by atoms with Crippen molar-refractivity contribution in [2.75, 3.05) is 29.0 Å². The van der Waals surface area contributed by atoms with Crippen molar-refractivity contribution in [3.05, 3.63) is 104 Å². The van der Waals surface area contributed by atoms with E-state index in [1.54, 1.807) is 11.8 Å². The molecule has 1 unspecified atom stereocenters. The molecule has 0 radical (unpaired) electrons. The minimum absolute atomic E-state index is 0.234. The van der Waals surface area contributed by atoms with Gasteiger partial charge in [-0.3, -0.25) is 0 Å². The summed E-state index contributed by atoms with van der Waals surface area (Å²) < 4.78 is 0. The number of aryl methyl sites for hydroxylation is 4. The van der Waals surface area contributed by atoms with Gasteiger partial charge in [0, 0.05) is 16.4 Å². The zero-order chi connectivity index (χ0) is 24.7. The Hall–Kier alpha value is -3.07. The van der Waals surface area contributed by atoms with Crippen molar-refractivity contribution in [3.8, 4) is 6.07 Å². The lowest BCUT2D eigenvalue weighted by atomic mass is 9.95. The van der Waals surface area contributed by atoms with Crippen LogP contribution in [0.2, 0.25) is 5.02 Å². The predicted octanol–water partition coefficient (Wildman–Crippen LogP) is 7.30. The molecule has 4 nitrogen and oxygen atoms in total. The van der Waals surface area contributed by atoms with Crippen LogP contribution in [0.1, 0.15) is 33.9 Å². The number of nitrogens with zero attached hydrogens (tertiary/aromatic N) is 4. The fraction of sp³-hybridized carbons (Fsp3) is 0.276. The summed E-state index contributed by atoms with van der Waals surface area (Å²) >= 11 is 8.45. The molecule has 0 aromatic heterocycles. The first kappa shape index (κ1) is 23.7. The van der Waals surface area contributed by atoms with Crippen LogP contribution in [0.15, 0.2) is 71.3 Å². The van der Waals surface area contributed by atoms with Crippen LogP contribution in [0.25, 0.3) is 0 Å². The second-order valence-corrected chi connectivity index (χ2v) is 10.7. The van der Waals surface area contributed by atoms with E-state index in [1.807, 2.05) is 24.3 Å². The van der Waals surface area contributed by atoms with E-state index >= 15 is 0 Å². The molecule has 6 heteroatoms. The SMILES string of the molecule is Cc1ccc(N2CSC3=C(C#N)C(c4ccccc4Cl)N(c4ccc(C)c(C)c4)CN3C2)cc1C. The molecule has 3 aromatic carbocycles. The monoisotopic (exact) mass is 500 g/mol. The molecule has 0 saturated carbocycles. The average Bonchev–Trinajstić information content (AvgIpc) is 2.86. The van der Waals surface area contributed by atoms with Gasteiger partial charge in [0.2, 0.25) is 0 Å². The molecule has 0 bridgehead atoms. The topological polar surface area (TPSA) is 33.5 Å². The van der Waals surface area contributed by atoms with Crippen LogP contribution in [0.5, 0.6) is 0 Å². The molecule has 0 aliphatic carbocycles. The number of fused-ring (bicyclic) bond motifs is 1. The first-order chi connectivity index (χ1) is 16.9. The van der Waals surface area contributed by atoms with Gasteiger partial charge in [0.25, 0.3) is 0 Å². The van der Waals surface area contributed by atoms with E-state index in [4.69, 9.17) is 11.6 Å². The van der Waals surface area contributed by atoms with Gasteiger partial charge in [0.05, 0.1) is 35.9 Å². The molecule has 1 saturated heterocycles. The van der Waals surface area contributed by atoms with Crippen LogP contribution in [0, 0.1) is 39.0 Å². The summed E-state index contributed by atoms with van der Waals surface area (Å²) in [5.74, 6) is 0.804. The highest BCUT2D eigenvalue weighted by Crippen LogP contribution is 2.46. The molecule has 0 spiro atoms. The van der Waals surface area contributed by atoms with Gasteiger partial charge < -0.3 is 14.7 Å². The highest BCUT2D eigenvalue weighted by atomic mass is 35.5. The molecular weight excluding hydrogens is 472 g/mol. The second-order valence-electron chi connectivity index (χ2n) is 9.40. The van der Waals surface area contributed by atoms with Crippen molar-refractivity contribution in [3.63, 3.8) is 0 Å². The summed E-state index contributed by atoms with van der Waals surface area (Å²) in [6.07, 6.45) is 0. The Labute approximate surface area is 217 Å². The molecule has 35 heavy (non-hydrogen) atoms. The van der Waals surface area contributed by atoms with Crippen molar-refractivity contribution in [2.24, 2.45) is 0 Å². The van der Waals surface area contributed by atoms with Crippen LogP contribution < -0.4 is 9.80 Å². The third-order valence-electron chi connectivity index (χ3n) is 7.12. The Morgan fingerprint density at radius 1 is 0.829 bits per heavy atom. The Bertz CT molecular complexity index is 1360.